The van der Waals surface area contributed by atoms with E-state index in [4.69, 9.17) is 0 Å². The summed E-state index contributed by atoms with van der Waals surface area (Å²) in [6.45, 7) is 8.71. The molecule has 1 aromatic rings. The Morgan fingerprint density at radius 3 is 2.46 bits per heavy atom. The SMILES string of the molecule is CCNC(=NCc1ccc(S(=O)(=O)N(C)C)cc1)NCC1CCCN1CC.I. The highest BCUT2D eigenvalue weighted by Crippen LogP contribution is 2.16. The van der Waals surface area contributed by atoms with Crippen molar-refractivity contribution in [3.63, 3.8) is 0 Å². The van der Waals surface area contributed by atoms with Gasteiger partial charge in [-0.05, 0) is 50.6 Å². The molecule has 2 N–H and O–H groups in total. The normalized spacial score (nSPS) is 18.2. The number of aliphatic imine (C=N–C) groups is 1. The summed E-state index contributed by atoms with van der Waals surface area (Å²) in [5, 5.41) is 6.72. The van der Waals surface area contributed by atoms with Crippen LogP contribution in [0.15, 0.2) is 34.2 Å². The molecule has 1 unspecified atom stereocenters. The van der Waals surface area contributed by atoms with Gasteiger partial charge in [0.15, 0.2) is 5.96 Å². The van der Waals surface area contributed by atoms with E-state index in [1.54, 1.807) is 12.1 Å². The van der Waals surface area contributed by atoms with Crippen LogP contribution in [0.4, 0.5) is 0 Å². The molecule has 9 heteroatoms. The minimum Gasteiger partial charge on any atom is -0.357 e. The average Bonchev–Trinajstić information content (AvgIpc) is 3.11. The van der Waals surface area contributed by atoms with Gasteiger partial charge >= 0.3 is 0 Å². The van der Waals surface area contributed by atoms with E-state index in [0.717, 1.165) is 31.2 Å². The van der Waals surface area contributed by atoms with Crippen LogP contribution in [0.25, 0.3) is 0 Å². The highest BCUT2D eigenvalue weighted by Gasteiger charge is 2.22. The molecular formula is C19H34IN5O2S. The molecule has 0 aliphatic carbocycles. The fourth-order valence-electron chi connectivity index (χ4n) is 3.25. The predicted molar refractivity (Wildman–Crippen MR) is 126 cm³/mol. The summed E-state index contributed by atoms with van der Waals surface area (Å²) in [5.41, 5.74) is 0.973. The summed E-state index contributed by atoms with van der Waals surface area (Å²) in [5.74, 6) is 0.797. The first-order valence-corrected chi connectivity index (χ1v) is 11.1. The third-order valence-corrected chi connectivity index (χ3v) is 6.71. The molecule has 0 aromatic heterocycles. The molecule has 0 bridgehead atoms. The second kappa shape index (κ2) is 11.9. The number of sulfonamides is 1. The Bertz CT molecular complexity index is 722. The van der Waals surface area contributed by atoms with Crippen molar-refractivity contribution >= 4 is 40.0 Å². The molecule has 28 heavy (non-hydrogen) atoms. The number of guanidine groups is 1. The van der Waals surface area contributed by atoms with Crippen LogP contribution in [0.1, 0.15) is 32.3 Å². The topological polar surface area (TPSA) is 77.0 Å². The standard InChI is InChI=1S/C19H33N5O2S.HI/c1-5-20-19(22-15-17-8-7-13-24(17)6-2)21-14-16-9-11-18(12-10-16)27(25,26)23(3)4;/h9-12,17H,5-8,13-15H2,1-4H3,(H2,20,21,22);1H. The van der Waals surface area contributed by atoms with Gasteiger partial charge in [0, 0.05) is 33.2 Å². The lowest BCUT2D eigenvalue weighted by Gasteiger charge is -2.24. The monoisotopic (exact) mass is 523 g/mol. The fourth-order valence-corrected chi connectivity index (χ4v) is 4.15. The Kier molecular flexibility index (Phi) is 10.7. The molecule has 1 saturated heterocycles. The van der Waals surface area contributed by atoms with Crippen molar-refractivity contribution in [1.29, 1.82) is 0 Å². The zero-order valence-electron chi connectivity index (χ0n) is 17.3. The van der Waals surface area contributed by atoms with Gasteiger partial charge in [0.1, 0.15) is 0 Å². The third-order valence-electron chi connectivity index (χ3n) is 4.88. The molecule has 0 spiro atoms. The molecule has 7 nitrogen and oxygen atoms in total. The first kappa shape index (κ1) is 25.1. The average molecular weight is 523 g/mol. The summed E-state index contributed by atoms with van der Waals surface area (Å²) in [4.78, 5) is 7.44. The van der Waals surface area contributed by atoms with Crippen LogP contribution in [0.3, 0.4) is 0 Å². The van der Waals surface area contributed by atoms with E-state index in [0.29, 0.717) is 17.5 Å². The molecule has 160 valence electrons. The summed E-state index contributed by atoms with van der Waals surface area (Å²) in [7, 11) is -0.324. The van der Waals surface area contributed by atoms with Gasteiger partial charge in [-0.25, -0.2) is 17.7 Å². The molecule has 2 rings (SSSR count). The summed E-state index contributed by atoms with van der Waals surface area (Å²) < 4.78 is 25.5. The van der Waals surface area contributed by atoms with Gasteiger partial charge in [-0.15, -0.1) is 24.0 Å². The van der Waals surface area contributed by atoms with Crippen LogP contribution in [-0.4, -0.2) is 69.9 Å². The van der Waals surface area contributed by atoms with Crippen LogP contribution >= 0.6 is 24.0 Å². The van der Waals surface area contributed by atoms with Crippen LogP contribution in [0, 0.1) is 0 Å². The zero-order chi connectivity index (χ0) is 19.9. The van der Waals surface area contributed by atoms with Crippen molar-refractivity contribution in [1.82, 2.24) is 19.8 Å². The summed E-state index contributed by atoms with van der Waals surface area (Å²) in [6.07, 6.45) is 2.48. The highest BCUT2D eigenvalue weighted by molar-refractivity contribution is 14.0. The lowest BCUT2D eigenvalue weighted by atomic mass is 10.2. The molecule has 1 aliphatic heterocycles. The molecular weight excluding hydrogens is 489 g/mol. The molecule has 0 radical (unpaired) electrons. The quantitative estimate of drug-likeness (QED) is 0.310. The summed E-state index contributed by atoms with van der Waals surface area (Å²) >= 11 is 0. The molecule has 0 amide bonds. The lowest BCUT2D eigenvalue weighted by Crippen LogP contribution is -2.44. The van der Waals surface area contributed by atoms with Crippen molar-refractivity contribution in [2.24, 2.45) is 4.99 Å². The largest absolute Gasteiger partial charge is 0.357 e. The first-order valence-electron chi connectivity index (χ1n) is 9.66. The van der Waals surface area contributed by atoms with Gasteiger partial charge in [0.2, 0.25) is 10.0 Å². The Hall–Kier alpha value is -0.910. The summed E-state index contributed by atoms with van der Waals surface area (Å²) in [6, 6.07) is 7.48. The molecule has 1 aliphatic rings. The number of nitrogens with zero attached hydrogens (tertiary/aromatic N) is 3. The fraction of sp³-hybridized carbons (Fsp3) is 0.632. The number of benzene rings is 1. The van der Waals surface area contributed by atoms with Gasteiger partial charge in [-0.1, -0.05) is 19.1 Å². The number of hydrogen-bond acceptors (Lipinski definition) is 4. The number of hydrogen-bond donors (Lipinski definition) is 2. The van der Waals surface area contributed by atoms with E-state index in [-0.39, 0.29) is 24.0 Å². The Balaban J connectivity index is 0.00000392. The predicted octanol–water partition coefficient (Wildman–Crippen LogP) is 2.09. The van der Waals surface area contributed by atoms with Gasteiger partial charge < -0.3 is 10.6 Å². The number of halogens is 1. The van der Waals surface area contributed by atoms with Crippen molar-refractivity contribution in [2.75, 3.05) is 40.3 Å². The van der Waals surface area contributed by atoms with Crippen molar-refractivity contribution in [2.45, 2.75) is 44.2 Å². The minimum atomic E-state index is -3.39. The van der Waals surface area contributed by atoms with Crippen LogP contribution in [-0.2, 0) is 16.6 Å². The molecule has 1 aromatic carbocycles. The number of nitrogens with one attached hydrogen (secondary N) is 2. The Morgan fingerprint density at radius 2 is 1.89 bits per heavy atom. The van der Waals surface area contributed by atoms with E-state index >= 15 is 0 Å². The number of rotatable bonds is 8. The Labute approximate surface area is 187 Å². The number of likely N-dealkylation sites (tertiary alicyclic amines) is 1. The van der Waals surface area contributed by atoms with E-state index in [1.807, 2.05) is 19.1 Å². The second-order valence-corrected chi connectivity index (χ2v) is 9.08. The van der Waals surface area contributed by atoms with Crippen LogP contribution < -0.4 is 10.6 Å². The van der Waals surface area contributed by atoms with Gasteiger partial charge in [-0.2, -0.15) is 0 Å². The number of likely N-dealkylation sites (N-methyl/N-ethyl adjacent to an activating group) is 1. The van der Waals surface area contributed by atoms with Crippen molar-refractivity contribution in [3.8, 4) is 0 Å². The van der Waals surface area contributed by atoms with E-state index in [1.165, 1.54) is 37.8 Å². The lowest BCUT2D eigenvalue weighted by molar-refractivity contribution is 0.267. The zero-order valence-corrected chi connectivity index (χ0v) is 20.5. The van der Waals surface area contributed by atoms with Gasteiger partial charge in [0.05, 0.1) is 11.4 Å². The maximum atomic E-state index is 12.1. The maximum absolute atomic E-state index is 12.1. The van der Waals surface area contributed by atoms with E-state index < -0.39 is 10.0 Å². The third kappa shape index (κ3) is 6.85. The van der Waals surface area contributed by atoms with Crippen molar-refractivity contribution in [3.05, 3.63) is 29.8 Å². The maximum Gasteiger partial charge on any atom is 0.242 e. The molecule has 0 saturated carbocycles. The first-order chi connectivity index (χ1) is 12.9. The second-order valence-electron chi connectivity index (χ2n) is 6.93. The highest BCUT2D eigenvalue weighted by atomic mass is 127. The van der Waals surface area contributed by atoms with Gasteiger partial charge in [-0.3, -0.25) is 4.90 Å². The minimum absolute atomic E-state index is 0. The molecule has 1 heterocycles. The van der Waals surface area contributed by atoms with Gasteiger partial charge in [0.25, 0.3) is 0 Å². The molecule has 1 atom stereocenters. The van der Waals surface area contributed by atoms with E-state index in [2.05, 4.69) is 27.4 Å². The van der Waals surface area contributed by atoms with Crippen LogP contribution in [0.2, 0.25) is 0 Å². The van der Waals surface area contributed by atoms with Crippen LogP contribution in [0.5, 0.6) is 0 Å². The Morgan fingerprint density at radius 1 is 1.21 bits per heavy atom. The van der Waals surface area contributed by atoms with Crippen molar-refractivity contribution < 1.29 is 8.42 Å². The smallest absolute Gasteiger partial charge is 0.242 e. The molecule has 1 fully saturated rings. The van der Waals surface area contributed by atoms with E-state index in [9.17, 15) is 8.42 Å².